The number of carboxylic acid groups (broad SMARTS) is 1. The molecular formula is C12H11BrO3S. The van der Waals surface area contributed by atoms with Crippen LogP contribution in [0.1, 0.15) is 22.1 Å². The number of aliphatic carboxylic acids is 1. The number of hydrogen-bond donors (Lipinski definition) is 2. The number of hydrogen-bond acceptors (Lipinski definition) is 3. The molecule has 0 radical (unpaired) electrons. The number of carbonyl (C=O) groups is 1. The van der Waals surface area contributed by atoms with Crippen LogP contribution in [0, 0.1) is 13.8 Å². The van der Waals surface area contributed by atoms with E-state index >= 15 is 0 Å². The number of carboxylic acids is 1. The lowest BCUT2D eigenvalue weighted by Crippen LogP contribution is -2.09. The van der Waals surface area contributed by atoms with Gasteiger partial charge in [-0.05, 0) is 47.0 Å². The van der Waals surface area contributed by atoms with Crippen molar-refractivity contribution in [3.8, 4) is 0 Å². The summed E-state index contributed by atoms with van der Waals surface area (Å²) in [6, 6.07) is 3.95. The molecule has 2 aromatic rings. The first-order valence-corrected chi connectivity index (χ1v) is 6.63. The van der Waals surface area contributed by atoms with Gasteiger partial charge >= 0.3 is 5.97 Å². The van der Waals surface area contributed by atoms with Crippen molar-refractivity contribution in [2.24, 2.45) is 0 Å². The van der Waals surface area contributed by atoms with E-state index in [1.807, 2.05) is 26.0 Å². The van der Waals surface area contributed by atoms with Crippen LogP contribution in [0.2, 0.25) is 0 Å². The van der Waals surface area contributed by atoms with Gasteiger partial charge in [0.1, 0.15) is 0 Å². The summed E-state index contributed by atoms with van der Waals surface area (Å²) in [7, 11) is 0. The Hall–Kier alpha value is -0.910. The predicted molar refractivity (Wildman–Crippen MR) is 71.6 cm³/mol. The number of halogens is 1. The van der Waals surface area contributed by atoms with Gasteiger partial charge in [0.15, 0.2) is 6.10 Å². The molecule has 2 rings (SSSR count). The SMILES string of the molecule is Cc1ccc2sc(C(O)C(=O)O)c(Br)c2c1C. The molecule has 3 nitrogen and oxygen atoms in total. The Balaban J connectivity index is 2.74. The normalized spacial score (nSPS) is 12.9. The Kier molecular flexibility index (Phi) is 3.25. The zero-order chi connectivity index (χ0) is 12.7. The molecule has 0 fully saturated rings. The molecule has 0 aliphatic rings. The number of rotatable bonds is 2. The first-order chi connectivity index (χ1) is 7.93. The van der Waals surface area contributed by atoms with Crippen molar-refractivity contribution in [1.29, 1.82) is 0 Å². The fourth-order valence-corrected chi connectivity index (χ4v) is 3.96. The van der Waals surface area contributed by atoms with E-state index in [2.05, 4.69) is 15.9 Å². The van der Waals surface area contributed by atoms with E-state index in [9.17, 15) is 9.90 Å². The van der Waals surface area contributed by atoms with E-state index in [-0.39, 0.29) is 0 Å². The average molecular weight is 315 g/mol. The Bertz CT molecular complexity index is 603. The van der Waals surface area contributed by atoms with Crippen LogP contribution >= 0.6 is 27.3 Å². The third kappa shape index (κ3) is 1.99. The molecule has 0 saturated heterocycles. The lowest BCUT2D eigenvalue weighted by molar-refractivity contribution is -0.146. The van der Waals surface area contributed by atoms with Crippen LogP contribution in [0.25, 0.3) is 10.1 Å². The average Bonchev–Trinajstić information content (AvgIpc) is 2.61. The van der Waals surface area contributed by atoms with Crippen molar-refractivity contribution in [2.75, 3.05) is 0 Å². The van der Waals surface area contributed by atoms with Gasteiger partial charge in [-0.3, -0.25) is 0 Å². The predicted octanol–water partition coefficient (Wildman–Crippen LogP) is 3.40. The van der Waals surface area contributed by atoms with Crippen LogP contribution in [0.4, 0.5) is 0 Å². The van der Waals surface area contributed by atoms with Crippen LogP contribution in [-0.2, 0) is 4.79 Å². The number of aliphatic hydroxyl groups is 1. The second-order valence-corrected chi connectivity index (χ2v) is 5.78. The molecule has 0 amide bonds. The number of fused-ring (bicyclic) bond motifs is 1. The smallest absolute Gasteiger partial charge is 0.338 e. The summed E-state index contributed by atoms with van der Waals surface area (Å²) in [4.78, 5) is 11.3. The quantitative estimate of drug-likeness (QED) is 0.893. The molecule has 1 unspecified atom stereocenters. The number of thiophene rings is 1. The lowest BCUT2D eigenvalue weighted by Gasteiger charge is -2.03. The summed E-state index contributed by atoms with van der Waals surface area (Å²) in [6.45, 7) is 4.00. The highest BCUT2D eigenvalue weighted by Crippen LogP contribution is 2.41. The Morgan fingerprint density at radius 3 is 2.65 bits per heavy atom. The molecule has 0 bridgehead atoms. The van der Waals surface area contributed by atoms with Gasteiger partial charge in [0.05, 0.1) is 4.88 Å². The van der Waals surface area contributed by atoms with Crippen molar-refractivity contribution >= 4 is 43.3 Å². The Morgan fingerprint density at radius 1 is 1.41 bits per heavy atom. The standard InChI is InChI=1S/C12H11BrO3S/c1-5-3-4-7-8(6(5)2)9(13)11(17-7)10(14)12(15)16/h3-4,10,14H,1-2H3,(H,15,16). The third-order valence-electron chi connectivity index (χ3n) is 2.84. The maximum Gasteiger partial charge on any atom is 0.338 e. The zero-order valence-electron chi connectivity index (χ0n) is 9.32. The monoisotopic (exact) mass is 314 g/mol. The van der Waals surface area contributed by atoms with Crippen molar-refractivity contribution < 1.29 is 15.0 Å². The van der Waals surface area contributed by atoms with Crippen LogP contribution in [0.15, 0.2) is 16.6 Å². The molecule has 2 N–H and O–H groups in total. The molecule has 0 aliphatic carbocycles. The molecule has 0 spiro atoms. The number of benzene rings is 1. The second kappa shape index (κ2) is 4.40. The second-order valence-electron chi connectivity index (χ2n) is 3.90. The van der Waals surface area contributed by atoms with Crippen molar-refractivity contribution in [3.05, 3.63) is 32.6 Å². The van der Waals surface area contributed by atoms with E-state index < -0.39 is 12.1 Å². The van der Waals surface area contributed by atoms with Crippen LogP contribution in [-0.4, -0.2) is 16.2 Å². The highest BCUT2D eigenvalue weighted by Gasteiger charge is 2.23. The minimum atomic E-state index is -1.47. The zero-order valence-corrected chi connectivity index (χ0v) is 11.7. The first-order valence-electron chi connectivity index (χ1n) is 5.02. The molecule has 1 aromatic heterocycles. The fraction of sp³-hybridized carbons (Fsp3) is 0.250. The summed E-state index contributed by atoms with van der Waals surface area (Å²) in [5.74, 6) is -1.23. The largest absolute Gasteiger partial charge is 0.479 e. The summed E-state index contributed by atoms with van der Waals surface area (Å²) in [6.07, 6.45) is -1.47. The van der Waals surface area contributed by atoms with E-state index in [1.165, 1.54) is 11.3 Å². The summed E-state index contributed by atoms with van der Waals surface area (Å²) in [5, 5.41) is 19.5. The molecular weight excluding hydrogens is 304 g/mol. The fourth-order valence-electron chi connectivity index (χ4n) is 1.72. The maximum atomic E-state index is 10.8. The third-order valence-corrected chi connectivity index (χ3v) is 5.13. The Morgan fingerprint density at radius 2 is 2.06 bits per heavy atom. The molecule has 1 aromatic carbocycles. The van der Waals surface area contributed by atoms with Crippen LogP contribution < -0.4 is 0 Å². The van der Waals surface area contributed by atoms with Gasteiger partial charge in [-0.15, -0.1) is 11.3 Å². The van der Waals surface area contributed by atoms with Gasteiger partial charge in [-0.2, -0.15) is 0 Å². The highest BCUT2D eigenvalue weighted by atomic mass is 79.9. The van der Waals surface area contributed by atoms with Crippen LogP contribution in [0.3, 0.4) is 0 Å². The van der Waals surface area contributed by atoms with Gasteiger partial charge in [0.2, 0.25) is 0 Å². The molecule has 1 atom stereocenters. The van der Waals surface area contributed by atoms with E-state index in [4.69, 9.17) is 5.11 Å². The summed E-state index contributed by atoms with van der Waals surface area (Å²) in [5.41, 5.74) is 2.25. The van der Waals surface area contributed by atoms with Crippen molar-refractivity contribution in [2.45, 2.75) is 20.0 Å². The molecule has 90 valence electrons. The van der Waals surface area contributed by atoms with Gasteiger partial charge in [-0.1, -0.05) is 6.07 Å². The molecule has 1 heterocycles. The molecule has 0 saturated carbocycles. The molecule has 5 heteroatoms. The lowest BCUT2D eigenvalue weighted by atomic mass is 10.1. The van der Waals surface area contributed by atoms with Gasteiger partial charge in [0, 0.05) is 14.6 Å². The Labute approximate surface area is 111 Å². The number of aliphatic hydroxyl groups excluding tert-OH is 1. The topological polar surface area (TPSA) is 57.5 Å². The molecule has 17 heavy (non-hydrogen) atoms. The van der Waals surface area contributed by atoms with Crippen LogP contribution in [0.5, 0.6) is 0 Å². The molecule has 0 aliphatic heterocycles. The maximum absolute atomic E-state index is 10.8. The van der Waals surface area contributed by atoms with Gasteiger partial charge in [-0.25, -0.2) is 4.79 Å². The van der Waals surface area contributed by atoms with E-state index in [0.717, 1.165) is 21.2 Å². The highest BCUT2D eigenvalue weighted by molar-refractivity contribution is 9.10. The summed E-state index contributed by atoms with van der Waals surface area (Å²) < 4.78 is 1.67. The minimum Gasteiger partial charge on any atom is -0.479 e. The van der Waals surface area contributed by atoms with Gasteiger partial charge in [0.25, 0.3) is 0 Å². The minimum absolute atomic E-state index is 0.446. The number of aryl methyl sites for hydroxylation is 2. The van der Waals surface area contributed by atoms with Gasteiger partial charge < -0.3 is 10.2 Å². The van der Waals surface area contributed by atoms with E-state index in [0.29, 0.717) is 9.35 Å². The van der Waals surface area contributed by atoms with E-state index in [1.54, 1.807) is 0 Å². The van der Waals surface area contributed by atoms with Crippen molar-refractivity contribution in [3.63, 3.8) is 0 Å². The van der Waals surface area contributed by atoms with Crippen molar-refractivity contribution in [1.82, 2.24) is 0 Å². The first kappa shape index (κ1) is 12.5. The summed E-state index contributed by atoms with van der Waals surface area (Å²) >= 11 is 4.70.